The molecule has 0 aliphatic heterocycles. The minimum Gasteiger partial charge on any atom is -0.310 e. The summed E-state index contributed by atoms with van der Waals surface area (Å²) in [5.74, 6) is -0.293. The quantitative estimate of drug-likeness (QED) is 0.887. The lowest BCUT2D eigenvalue weighted by Crippen LogP contribution is -2.27. The maximum Gasteiger partial charge on any atom is 0.129 e. The number of hydrogen-bond acceptors (Lipinski definition) is 2. The average Bonchev–Trinajstić information content (AvgIpc) is 2.67. The van der Waals surface area contributed by atoms with E-state index < -0.39 is 0 Å². The van der Waals surface area contributed by atoms with Gasteiger partial charge in [0.15, 0.2) is 0 Å². The first-order valence-electron chi connectivity index (χ1n) is 6.42. The molecule has 1 unspecified atom stereocenters. The Morgan fingerprint density at radius 1 is 1.50 bits per heavy atom. The van der Waals surface area contributed by atoms with Crippen LogP contribution < -0.4 is 5.32 Å². The van der Waals surface area contributed by atoms with Crippen LogP contribution in [0.3, 0.4) is 0 Å². The highest BCUT2D eigenvalue weighted by molar-refractivity contribution is 5.32. The number of nitrogens with zero attached hydrogens (tertiary/aromatic N) is 1. The molecule has 0 radical (unpaired) electrons. The lowest BCUT2D eigenvalue weighted by Gasteiger charge is -2.18. The van der Waals surface area contributed by atoms with E-state index in [1.165, 1.54) is 12.5 Å². The number of nitriles is 1. The van der Waals surface area contributed by atoms with Crippen molar-refractivity contribution in [3.63, 3.8) is 0 Å². The molecule has 0 saturated heterocycles. The molecule has 1 aliphatic carbocycles. The van der Waals surface area contributed by atoms with Crippen LogP contribution in [0.1, 0.15) is 44.2 Å². The van der Waals surface area contributed by atoms with Crippen LogP contribution in [0, 0.1) is 22.6 Å². The van der Waals surface area contributed by atoms with Crippen LogP contribution in [0.15, 0.2) is 18.2 Å². The van der Waals surface area contributed by atoms with Crippen LogP contribution >= 0.6 is 0 Å². The van der Waals surface area contributed by atoms with Crippen molar-refractivity contribution < 1.29 is 4.39 Å². The zero-order valence-electron chi connectivity index (χ0n) is 11.0. The average molecular weight is 246 g/mol. The standard InChI is InChI=1S/C15H19FN2/c1-15(2)6-5-13(8-15)18-10-12-4-3-11(9-17)7-14(12)16/h3-4,7,13,18H,5-6,8,10H2,1-2H3. The zero-order chi connectivity index (χ0) is 13.2. The van der Waals surface area contributed by atoms with Crippen LogP contribution in [-0.2, 0) is 6.54 Å². The van der Waals surface area contributed by atoms with E-state index in [9.17, 15) is 4.39 Å². The molecular formula is C15H19FN2. The Labute approximate surface area is 108 Å². The maximum absolute atomic E-state index is 13.7. The zero-order valence-corrected chi connectivity index (χ0v) is 11.0. The summed E-state index contributed by atoms with van der Waals surface area (Å²) in [6, 6.07) is 7.09. The van der Waals surface area contributed by atoms with Crippen LogP contribution in [0.25, 0.3) is 0 Å². The Kier molecular flexibility index (Phi) is 3.68. The third-order valence-corrected chi connectivity index (χ3v) is 3.73. The molecule has 2 nitrogen and oxygen atoms in total. The summed E-state index contributed by atoms with van der Waals surface area (Å²) in [6.45, 7) is 5.09. The molecule has 0 spiro atoms. The summed E-state index contributed by atoms with van der Waals surface area (Å²) >= 11 is 0. The van der Waals surface area contributed by atoms with E-state index >= 15 is 0 Å². The molecule has 0 heterocycles. The van der Waals surface area contributed by atoms with Crippen LogP contribution in [0.5, 0.6) is 0 Å². The monoisotopic (exact) mass is 246 g/mol. The Balaban J connectivity index is 1.93. The third kappa shape index (κ3) is 3.08. The molecule has 1 saturated carbocycles. The molecule has 3 heteroatoms. The Morgan fingerprint density at radius 2 is 2.28 bits per heavy atom. The van der Waals surface area contributed by atoms with Gasteiger partial charge in [-0.2, -0.15) is 5.26 Å². The largest absolute Gasteiger partial charge is 0.310 e. The number of hydrogen-bond donors (Lipinski definition) is 1. The lowest BCUT2D eigenvalue weighted by molar-refractivity contribution is 0.363. The summed E-state index contributed by atoms with van der Waals surface area (Å²) in [6.07, 6.45) is 3.52. The lowest BCUT2D eigenvalue weighted by atomic mass is 9.92. The van der Waals surface area contributed by atoms with E-state index in [0.29, 0.717) is 29.1 Å². The van der Waals surface area contributed by atoms with Gasteiger partial charge in [-0.05, 0) is 36.8 Å². The van der Waals surface area contributed by atoms with E-state index in [0.717, 1.165) is 12.8 Å². The number of benzene rings is 1. The molecule has 0 bridgehead atoms. The summed E-state index contributed by atoms with van der Waals surface area (Å²) in [5.41, 5.74) is 1.41. The molecular weight excluding hydrogens is 227 g/mol. The van der Waals surface area contributed by atoms with Crippen LogP contribution in [0.2, 0.25) is 0 Å². The minimum absolute atomic E-state index is 0.293. The summed E-state index contributed by atoms with van der Waals surface area (Å²) in [4.78, 5) is 0. The summed E-state index contributed by atoms with van der Waals surface area (Å²) in [7, 11) is 0. The second-order valence-corrected chi connectivity index (χ2v) is 5.90. The fourth-order valence-corrected chi connectivity index (χ4v) is 2.62. The Hall–Kier alpha value is -1.40. The molecule has 2 rings (SSSR count). The molecule has 18 heavy (non-hydrogen) atoms. The highest BCUT2D eigenvalue weighted by atomic mass is 19.1. The van der Waals surface area contributed by atoms with Crippen molar-refractivity contribution >= 4 is 0 Å². The summed E-state index contributed by atoms with van der Waals surface area (Å²) < 4.78 is 13.7. The number of rotatable bonds is 3. The molecule has 1 atom stereocenters. The van der Waals surface area contributed by atoms with Gasteiger partial charge in [-0.15, -0.1) is 0 Å². The van der Waals surface area contributed by atoms with Gasteiger partial charge in [0.05, 0.1) is 11.6 Å². The van der Waals surface area contributed by atoms with Crippen molar-refractivity contribution in [1.82, 2.24) is 5.32 Å². The van der Waals surface area contributed by atoms with E-state index in [1.807, 2.05) is 6.07 Å². The topological polar surface area (TPSA) is 35.8 Å². The molecule has 96 valence electrons. The molecule has 1 aromatic rings. The summed E-state index contributed by atoms with van der Waals surface area (Å²) in [5, 5.41) is 12.1. The van der Waals surface area contributed by atoms with Gasteiger partial charge < -0.3 is 5.32 Å². The minimum atomic E-state index is -0.293. The van der Waals surface area contributed by atoms with E-state index in [4.69, 9.17) is 5.26 Å². The molecule has 1 fully saturated rings. The molecule has 0 amide bonds. The van der Waals surface area contributed by atoms with Crippen LogP contribution in [0.4, 0.5) is 4.39 Å². The van der Waals surface area contributed by atoms with Crippen molar-refractivity contribution in [2.24, 2.45) is 5.41 Å². The second-order valence-electron chi connectivity index (χ2n) is 5.90. The van der Waals surface area contributed by atoms with E-state index in [-0.39, 0.29) is 5.82 Å². The smallest absolute Gasteiger partial charge is 0.129 e. The molecule has 1 N–H and O–H groups in total. The fraction of sp³-hybridized carbons (Fsp3) is 0.533. The molecule has 1 aliphatic rings. The van der Waals surface area contributed by atoms with Gasteiger partial charge in [-0.1, -0.05) is 19.9 Å². The second kappa shape index (κ2) is 5.07. The van der Waals surface area contributed by atoms with Crippen molar-refractivity contribution in [3.05, 3.63) is 35.1 Å². The normalized spacial score (nSPS) is 21.8. The molecule has 1 aromatic carbocycles. The van der Waals surface area contributed by atoms with Gasteiger partial charge in [0.25, 0.3) is 0 Å². The van der Waals surface area contributed by atoms with Gasteiger partial charge in [0, 0.05) is 18.2 Å². The van der Waals surface area contributed by atoms with Crippen molar-refractivity contribution in [3.8, 4) is 6.07 Å². The third-order valence-electron chi connectivity index (χ3n) is 3.73. The van der Waals surface area contributed by atoms with Crippen LogP contribution in [-0.4, -0.2) is 6.04 Å². The SMILES string of the molecule is CC1(C)CCC(NCc2ccc(C#N)cc2F)C1. The first-order valence-corrected chi connectivity index (χ1v) is 6.42. The highest BCUT2D eigenvalue weighted by Crippen LogP contribution is 2.36. The van der Waals surface area contributed by atoms with Gasteiger partial charge >= 0.3 is 0 Å². The van der Waals surface area contributed by atoms with Gasteiger partial charge in [-0.3, -0.25) is 0 Å². The van der Waals surface area contributed by atoms with E-state index in [1.54, 1.807) is 12.1 Å². The van der Waals surface area contributed by atoms with Crippen molar-refractivity contribution in [1.29, 1.82) is 5.26 Å². The van der Waals surface area contributed by atoms with Gasteiger partial charge in [-0.25, -0.2) is 4.39 Å². The van der Waals surface area contributed by atoms with Gasteiger partial charge in [0.2, 0.25) is 0 Å². The number of halogens is 1. The van der Waals surface area contributed by atoms with Crippen molar-refractivity contribution in [2.45, 2.75) is 45.7 Å². The Morgan fingerprint density at radius 3 is 2.83 bits per heavy atom. The highest BCUT2D eigenvalue weighted by Gasteiger charge is 2.30. The predicted octanol–water partition coefficient (Wildman–Crippen LogP) is 3.37. The fourth-order valence-electron chi connectivity index (χ4n) is 2.62. The Bertz CT molecular complexity index is 474. The maximum atomic E-state index is 13.7. The van der Waals surface area contributed by atoms with Gasteiger partial charge in [0.1, 0.15) is 5.82 Å². The van der Waals surface area contributed by atoms with Crippen molar-refractivity contribution in [2.75, 3.05) is 0 Å². The number of nitrogens with one attached hydrogen (secondary N) is 1. The first kappa shape index (κ1) is 13.0. The molecule has 0 aromatic heterocycles. The predicted molar refractivity (Wildman–Crippen MR) is 69.4 cm³/mol. The van der Waals surface area contributed by atoms with E-state index in [2.05, 4.69) is 19.2 Å². The first-order chi connectivity index (χ1) is 8.50.